The van der Waals surface area contributed by atoms with E-state index in [2.05, 4.69) is 67.7 Å². The summed E-state index contributed by atoms with van der Waals surface area (Å²) >= 11 is 3.30. The molecule has 0 radical (unpaired) electrons. The number of aromatic amines is 2. The van der Waals surface area contributed by atoms with Crippen molar-refractivity contribution in [1.29, 1.82) is 0 Å². The molecule has 0 saturated carbocycles. The molecule has 0 atom stereocenters. The summed E-state index contributed by atoms with van der Waals surface area (Å²) in [6.07, 6.45) is 18.6. The van der Waals surface area contributed by atoms with Crippen LogP contribution in [0, 0.1) is 48.5 Å². The van der Waals surface area contributed by atoms with Crippen LogP contribution in [0.1, 0.15) is 157 Å². The Labute approximate surface area is 399 Å². The first-order valence-electron chi connectivity index (χ1n) is 22.5. The van der Waals surface area contributed by atoms with E-state index in [4.69, 9.17) is 8.83 Å². The highest BCUT2D eigenvalue weighted by Gasteiger charge is 1.85. The number of rotatable bonds is 0. The van der Waals surface area contributed by atoms with Crippen molar-refractivity contribution < 1.29 is 13.3 Å². The third kappa shape index (κ3) is 68.5. The number of thiazole rings is 2. The van der Waals surface area contributed by atoms with Gasteiger partial charge in [0.1, 0.15) is 18.3 Å². The summed E-state index contributed by atoms with van der Waals surface area (Å²) < 4.78 is 14.0. The molecule has 368 valence electrons. The number of hydrogen-bond donors (Lipinski definition) is 2. The molecular weight excluding hydrogens is 841 g/mol. The molecule has 7 aromatic heterocycles. The molecule has 0 fully saturated rings. The summed E-state index contributed by atoms with van der Waals surface area (Å²) in [6.45, 7) is 48.4. The molecule has 0 saturated heterocycles. The van der Waals surface area contributed by atoms with Gasteiger partial charge in [-0.2, -0.15) is 10.2 Å². The van der Waals surface area contributed by atoms with Gasteiger partial charge in [0.05, 0.1) is 35.7 Å². The topological polar surface area (TPSA) is 174 Å². The number of aliphatic imine (C=N–C) groups is 1. The van der Waals surface area contributed by atoms with Crippen LogP contribution in [0.15, 0.2) is 115 Å². The van der Waals surface area contributed by atoms with Crippen molar-refractivity contribution in [1.82, 2.24) is 45.3 Å². The molecule has 15 heteroatoms. The fourth-order valence-electron chi connectivity index (χ4n) is 2.50. The van der Waals surface area contributed by atoms with Gasteiger partial charge >= 0.3 is 0 Å². The van der Waals surface area contributed by atoms with Gasteiger partial charge in [0.2, 0.25) is 0 Å². The molecular formula is C49H92N10O3S2. The molecule has 0 aliphatic carbocycles. The highest BCUT2D eigenvalue weighted by molar-refractivity contribution is 7.09. The Kier molecular flexibility index (Phi) is 85.8. The predicted molar refractivity (Wildman–Crippen MR) is 282 cm³/mol. The number of aromatic nitrogens is 9. The molecule has 8 heterocycles. The highest BCUT2D eigenvalue weighted by atomic mass is 32.1. The number of nitrogens with zero attached hydrogens (tertiary/aromatic N) is 8. The lowest BCUT2D eigenvalue weighted by Crippen LogP contribution is -1.65. The van der Waals surface area contributed by atoms with Gasteiger partial charge in [-0.3, -0.25) is 25.2 Å². The minimum atomic E-state index is 0.718. The third-order valence-corrected chi connectivity index (χ3v) is 6.28. The van der Waals surface area contributed by atoms with Crippen molar-refractivity contribution in [2.45, 2.75) is 166 Å². The van der Waals surface area contributed by atoms with E-state index in [9.17, 15) is 0 Å². The fraction of sp³-hybridized carbons (Fsp3) is 0.510. The lowest BCUT2D eigenvalue weighted by Gasteiger charge is -1.69. The van der Waals surface area contributed by atoms with Crippen LogP contribution >= 0.6 is 22.7 Å². The summed E-state index contributed by atoms with van der Waals surface area (Å²) in [5, 5.41) is 14.9. The van der Waals surface area contributed by atoms with Gasteiger partial charge in [-0.25, -0.2) is 15.0 Å². The monoisotopic (exact) mass is 933 g/mol. The van der Waals surface area contributed by atoms with Crippen molar-refractivity contribution in [2.75, 3.05) is 6.54 Å². The van der Waals surface area contributed by atoms with Crippen LogP contribution in [-0.2, 0) is 0 Å². The van der Waals surface area contributed by atoms with E-state index in [1.807, 2.05) is 193 Å². The van der Waals surface area contributed by atoms with Gasteiger partial charge in [0, 0.05) is 59.1 Å². The number of H-pyrrole nitrogens is 2. The van der Waals surface area contributed by atoms with Crippen LogP contribution in [0.2, 0.25) is 0 Å². The first-order chi connectivity index (χ1) is 31.2. The second-order valence-electron chi connectivity index (χ2n) is 9.46. The molecule has 8 rings (SSSR count). The van der Waals surface area contributed by atoms with Crippen LogP contribution in [0.25, 0.3) is 0 Å². The molecule has 1 aliphatic heterocycles. The van der Waals surface area contributed by atoms with Crippen molar-refractivity contribution in [2.24, 2.45) is 4.99 Å². The normalized spacial score (nSPS) is 8.28. The molecule has 0 spiro atoms. The smallest absolute Gasteiger partial charge is 0.190 e. The lowest BCUT2D eigenvalue weighted by molar-refractivity contribution is 0.521. The number of allylic oxidation sites excluding steroid dienone is 1. The van der Waals surface area contributed by atoms with E-state index in [1.165, 1.54) is 23.2 Å². The van der Waals surface area contributed by atoms with Crippen LogP contribution < -0.4 is 0 Å². The lowest BCUT2D eigenvalue weighted by atomic mass is 10.3. The third-order valence-electron chi connectivity index (χ3n) is 4.87. The Morgan fingerprint density at radius 1 is 0.562 bits per heavy atom. The first kappa shape index (κ1) is 76.0. The standard InChI is InChI=1S/C5H7N.2C4H6N2.3C4H5NO.2C4H5NS.8C2H6/c1-5-2-3-6-4-5;2*1-4-2-3-5-6-4;1-4-2-6-3-5-4;1-4-2-5-3-6-4;1-4-5-2-3-6-4;1-4-2-6-3-5-4;1-4-2-5-3-6-4;8*1-2/h2,4H,3H2,1H3;2*2-3H,1H3,(H,5,6);5*2-3H,1H3;8*1-2H3. The summed E-state index contributed by atoms with van der Waals surface area (Å²) in [6, 6.07) is 3.83. The summed E-state index contributed by atoms with van der Waals surface area (Å²) in [5.74, 6) is 1.57. The van der Waals surface area contributed by atoms with Gasteiger partial charge in [-0.1, -0.05) is 117 Å². The van der Waals surface area contributed by atoms with Gasteiger partial charge in [0.25, 0.3) is 0 Å². The van der Waals surface area contributed by atoms with Gasteiger partial charge < -0.3 is 13.3 Å². The van der Waals surface area contributed by atoms with Gasteiger partial charge in [-0.15, -0.1) is 22.7 Å². The maximum atomic E-state index is 4.72. The van der Waals surface area contributed by atoms with E-state index in [0.717, 1.165) is 41.0 Å². The number of aryl methyl sites for hydroxylation is 7. The predicted octanol–water partition coefficient (Wildman–Crippen LogP) is 16.5. The Bertz CT molecular complexity index is 1330. The van der Waals surface area contributed by atoms with Crippen molar-refractivity contribution in [3.63, 3.8) is 0 Å². The van der Waals surface area contributed by atoms with E-state index < -0.39 is 0 Å². The first-order valence-corrected chi connectivity index (χ1v) is 24.3. The van der Waals surface area contributed by atoms with Crippen LogP contribution in [-0.4, -0.2) is 58.1 Å². The van der Waals surface area contributed by atoms with Crippen LogP contribution in [0.4, 0.5) is 0 Å². The average molecular weight is 933 g/mol. The quantitative estimate of drug-likeness (QED) is 0.149. The van der Waals surface area contributed by atoms with Crippen molar-refractivity contribution in [3.05, 3.63) is 136 Å². The second-order valence-corrected chi connectivity index (χ2v) is 11.3. The van der Waals surface area contributed by atoms with E-state index in [1.54, 1.807) is 66.9 Å². The Hall–Kier alpha value is -5.28. The van der Waals surface area contributed by atoms with Crippen LogP contribution in [0.5, 0.6) is 0 Å². The van der Waals surface area contributed by atoms with Gasteiger partial charge in [-0.05, 0) is 66.2 Å². The van der Waals surface area contributed by atoms with E-state index >= 15 is 0 Å². The zero-order chi connectivity index (χ0) is 51.2. The number of oxazole rings is 3. The molecule has 0 unspecified atom stereocenters. The second kappa shape index (κ2) is 72.2. The molecule has 0 aromatic carbocycles. The van der Waals surface area contributed by atoms with Gasteiger partial charge in [0.15, 0.2) is 18.7 Å². The van der Waals surface area contributed by atoms with Crippen molar-refractivity contribution >= 4 is 28.9 Å². The minimum Gasteiger partial charge on any atom is -0.452 e. The SMILES string of the molecule is CC.CC.CC.CC.CC.CC.CC.CC.CC1=CCN=C1.Cc1ccn[nH]1.Cc1ccn[nH]1.Cc1cnco1.Cc1cncs1.Cc1cocn1.Cc1cscn1.Cc1ncco1. The molecule has 0 amide bonds. The molecule has 1 aliphatic rings. The summed E-state index contributed by atoms with van der Waals surface area (Å²) in [7, 11) is 0. The molecule has 0 bridgehead atoms. The van der Waals surface area contributed by atoms with E-state index in [-0.39, 0.29) is 0 Å². The Balaban J connectivity index is -0.0000000893. The largest absolute Gasteiger partial charge is 0.452 e. The molecule has 7 aromatic rings. The highest BCUT2D eigenvalue weighted by Crippen LogP contribution is 2.00. The number of hydrogen-bond acceptors (Lipinski definition) is 13. The van der Waals surface area contributed by atoms with E-state index in [0.29, 0.717) is 0 Å². The maximum Gasteiger partial charge on any atom is 0.190 e. The minimum absolute atomic E-state index is 0.718. The number of nitrogens with one attached hydrogen (secondary N) is 2. The molecule has 2 N–H and O–H groups in total. The zero-order valence-electron chi connectivity index (χ0n) is 44.6. The average Bonchev–Trinajstić information content (AvgIpc) is 4.19. The Morgan fingerprint density at radius 3 is 1.22 bits per heavy atom. The maximum absolute atomic E-state index is 4.72. The fourth-order valence-corrected chi connectivity index (χ4v) is 3.45. The summed E-state index contributed by atoms with van der Waals surface area (Å²) in [4.78, 5) is 24.2. The molecule has 64 heavy (non-hydrogen) atoms. The summed E-state index contributed by atoms with van der Waals surface area (Å²) in [5.41, 5.74) is 9.19. The Morgan fingerprint density at radius 2 is 1.11 bits per heavy atom. The van der Waals surface area contributed by atoms with Crippen molar-refractivity contribution in [3.8, 4) is 0 Å². The molecule has 13 nitrogen and oxygen atoms in total. The zero-order valence-corrected chi connectivity index (χ0v) is 46.2. The van der Waals surface area contributed by atoms with Crippen LogP contribution in [0.3, 0.4) is 0 Å².